The molecule has 23 heavy (non-hydrogen) atoms. The van der Waals surface area contributed by atoms with Crippen molar-refractivity contribution in [3.05, 3.63) is 70.5 Å². The highest BCUT2D eigenvalue weighted by Gasteiger charge is 2.14. The zero-order valence-corrected chi connectivity index (χ0v) is 14.2. The van der Waals surface area contributed by atoms with E-state index in [1.807, 2.05) is 30.3 Å². The summed E-state index contributed by atoms with van der Waals surface area (Å²) in [5.41, 5.74) is 2.11. The highest BCUT2D eigenvalue weighted by molar-refractivity contribution is 6.31. The lowest BCUT2D eigenvalue weighted by atomic mass is 9.89. The van der Waals surface area contributed by atoms with Crippen LogP contribution in [0, 0.1) is 5.82 Å². The van der Waals surface area contributed by atoms with Crippen LogP contribution in [-0.4, -0.2) is 26.8 Å². The van der Waals surface area contributed by atoms with Gasteiger partial charge in [-0.3, -0.25) is 0 Å². The molecule has 0 heterocycles. The van der Waals surface area contributed by atoms with Gasteiger partial charge in [0.05, 0.1) is 6.61 Å². The van der Waals surface area contributed by atoms with Crippen LogP contribution in [0.15, 0.2) is 48.5 Å². The van der Waals surface area contributed by atoms with Crippen LogP contribution in [0.1, 0.15) is 23.5 Å². The molecule has 2 aromatic rings. The zero-order valence-electron chi connectivity index (χ0n) is 13.4. The van der Waals surface area contributed by atoms with Crippen molar-refractivity contribution in [2.75, 3.05) is 26.8 Å². The molecule has 1 N–H and O–H groups in total. The molecule has 2 rings (SSSR count). The SMILES string of the molecule is COCCNCCC(Cc1ccccc1Cl)c1cccc(F)c1. The highest BCUT2D eigenvalue weighted by atomic mass is 35.5. The van der Waals surface area contributed by atoms with Gasteiger partial charge in [0, 0.05) is 18.7 Å². The normalized spacial score (nSPS) is 12.3. The van der Waals surface area contributed by atoms with Gasteiger partial charge in [-0.05, 0) is 54.6 Å². The lowest BCUT2D eigenvalue weighted by molar-refractivity contribution is 0.199. The number of benzene rings is 2. The van der Waals surface area contributed by atoms with Crippen molar-refractivity contribution in [1.82, 2.24) is 5.32 Å². The minimum atomic E-state index is -0.195. The Kier molecular flexibility index (Phi) is 7.53. The third-order valence-corrected chi connectivity index (χ3v) is 4.27. The number of rotatable bonds is 9. The van der Waals surface area contributed by atoms with Crippen molar-refractivity contribution >= 4 is 11.6 Å². The van der Waals surface area contributed by atoms with Crippen molar-refractivity contribution < 1.29 is 9.13 Å². The molecule has 0 spiro atoms. The third kappa shape index (κ3) is 5.94. The Hall–Kier alpha value is -1.42. The van der Waals surface area contributed by atoms with E-state index in [4.69, 9.17) is 16.3 Å². The summed E-state index contributed by atoms with van der Waals surface area (Å²) in [5, 5.41) is 4.11. The number of nitrogens with one attached hydrogen (secondary N) is 1. The molecule has 0 aliphatic heterocycles. The highest BCUT2D eigenvalue weighted by Crippen LogP contribution is 2.28. The van der Waals surface area contributed by atoms with Gasteiger partial charge >= 0.3 is 0 Å². The molecule has 0 saturated carbocycles. The van der Waals surface area contributed by atoms with Gasteiger partial charge in [-0.25, -0.2) is 4.39 Å². The van der Waals surface area contributed by atoms with E-state index >= 15 is 0 Å². The van der Waals surface area contributed by atoms with E-state index in [1.54, 1.807) is 19.2 Å². The second-order valence-electron chi connectivity index (χ2n) is 5.58. The number of hydrogen-bond acceptors (Lipinski definition) is 2. The summed E-state index contributed by atoms with van der Waals surface area (Å²) in [7, 11) is 1.69. The van der Waals surface area contributed by atoms with Gasteiger partial charge in [0.25, 0.3) is 0 Å². The number of methoxy groups -OCH3 is 1. The molecule has 0 amide bonds. The van der Waals surface area contributed by atoms with Gasteiger partial charge in [0.2, 0.25) is 0 Å². The van der Waals surface area contributed by atoms with Gasteiger partial charge in [0.1, 0.15) is 5.82 Å². The smallest absolute Gasteiger partial charge is 0.123 e. The maximum atomic E-state index is 13.6. The molecule has 4 heteroatoms. The van der Waals surface area contributed by atoms with Crippen molar-refractivity contribution in [3.8, 4) is 0 Å². The molecule has 2 aromatic carbocycles. The van der Waals surface area contributed by atoms with Crippen molar-refractivity contribution in [2.45, 2.75) is 18.8 Å². The van der Waals surface area contributed by atoms with E-state index in [1.165, 1.54) is 6.07 Å². The Bertz CT molecular complexity index is 605. The molecule has 0 radical (unpaired) electrons. The largest absolute Gasteiger partial charge is 0.383 e. The van der Waals surface area contributed by atoms with E-state index in [-0.39, 0.29) is 11.7 Å². The van der Waals surface area contributed by atoms with Crippen LogP contribution in [0.2, 0.25) is 5.02 Å². The fourth-order valence-corrected chi connectivity index (χ4v) is 2.86. The summed E-state index contributed by atoms with van der Waals surface area (Å²) in [4.78, 5) is 0. The average molecular weight is 336 g/mol. The first-order chi connectivity index (χ1) is 11.2. The minimum Gasteiger partial charge on any atom is -0.383 e. The van der Waals surface area contributed by atoms with Gasteiger partial charge in [-0.15, -0.1) is 0 Å². The third-order valence-electron chi connectivity index (χ3n) is 3.90. The molecule has 0 aromatic heterocycles. The molecule has 0 bridgehead atoms. The van der Waals surface area contributed by atoms with Crippen LogP contribution >= 0.6 is 11.6 Å². The molecular weight excluding hydrogens is 313 g/mol. The van der Waals surface area contributed by atoms with Gasteiger partial charge in [-0.1, -0.05) is 41.9 Å². The lowest BCUT2D eigenvalue weighted by Gasteiger charge is -2.19. The first kappa shape index (κ1) is 17.9. The Labute approximate surface area is 142 Å². The fourth-order valence-electron chi connectivity index (χ4n) is 2.65. The Morgan fingerprint density at radius 1 is 1.13 bits per heavy atom. The number of hydrogen-bond donors (Lipinski definition) is 1. The van der Waals surface area contributed by atoms with E-state index in [0.717, 1.165) is 42.1 Å². The predicted molar refractivity (Wildman–Crippen MR) is 93.7 cm³/mol. The summed E-state index contributed by atoms with van der Waals surface area (Å²) in [6, 6.07) is 14.7. The van der Waals surface area contributed by atoms with Crippen LogP contribution < -0.4 is 5.32 Å². The van der Waals surface area contributed by atoms with E-state index in [2.05, 4.69) is 5.32 Å². The molecule has 0 aliphatic rings. The number of halogens is 2. The topological polar surface area (TPSA) is 21.3 Å². The first-order valence-corrected chi connectivity index (χ1v) is 8.27. The monoisotopic (exact) mass is 335 g/mol. The van der Waals surface area contributed by atoms with E-state index in [9.17, 15) is 4.39 Å². The Morgan fingerprint density at radius 2 is 1.96 bits per heavy atom. The number of ether oxygens (including phenoxy) is 1. The van der Waals surface area contributed by atoms with Crippen LogP contribution in [0.5, 0.6) is 0 Å². The predicted octanol–water partition coefficient (Wildman–Crippen LogP) is 4.43. The molecule has 0 aliphatic carbocycles. The van der Waals surface area contributed by atoms with Gasteiger partial charge in [0.15, 0.2) is 0 Å². The van der Waals surface area contributed by atoms with Crippen molar-refractivity contribution in [1.29, 1.82) is 0 Å². The molecular formula is C19H23ClFNO. The summed E-state index contributed by atoms with van der Waals surface area (Å²) in [6.07, 6.45) is 1.72. The second-order valence-corrected chi connectivity index (χ2v) is 5.99. The maximum Gasteiger partial charge on any atom is 0.123 e. The van der Waals surface area contributed by atoms with Gasteiger partial charge < -0.3 is 10.1 Å². The van der Waals surface area contributed by atoms with Crippen LogP contribution in [-0.2, 0) is 11.2 Å². The fraction of sp³-hybridized carbons (Fsp3) is 0.368. The Balaban J connectivity index is 2.06. The maximum absolute atomic E-state index is 13.6. The van der Waals surface area contributed by atoms with Crippen molar-refractivity contribution in [2.24, 2.45) is 0 Å². The standard InChI is InChI=1S/C19H23ClFNO/c1-23-12-11-22-10-9-16(15-6-4-7-18(21)14-15)13-17-5-2-3-8-19(17)20/h2-8,14,16,22H,9-13H2,1H3. The van der Waals surface area contributed by atoms with Crippen LogP contribution in [0.4, 0.5) is 4.39 Å². The molecule has 2 nitrogen and oxygen atoms in total. The van der Waals surface area contributed by atoms with Gasteiger partial charge in [-0.2, -0.15) is 0 Å². The summed E-state index contributed by atoms with van der Waals surface area (Å²) in [5.74, 6) is 0.0274. The molecule has 124 valence electrons. The lowest BCUT2D eigenvalue weighted by Crippen LogP contribution is -2.22. The molecule has 1 unspecified atom stereocenters. The molecule has 1 atom stereocenters. The van der Waals surface area contributed by atoms with Crippen molar-refractivity contribution in [3.63, 3.8) is 0 Å². The summed E-state index contributed by atoms with van der Waals surface area (Å²) in [6.45, 7) is 2.36. The molecule has 0 saturated heterocycles. The first-order valence-electron chi connectivity index (χ1n) is 7.89. The summed E-state index contributed by atoms with van der Waals surface area (Å²) < 4.78 is 18.6. The quantitative estimate of drug-likeness (QED) is 0.684. The minimum absolute atomic E-state index is 0.195. The van der Waals surface area contributed by atoms with E-state index in [0.29, 0.717) is 6.61 Å². The zero-order chi connectivity index (χ0) is 16.5. The van der Waals surface area contributed by atoms with Crippen LogP contribution in [0.3, 0.4) is 0 Å². The van der Waals surface area contributed by atoms with Crippen LogP contribution in [0.25, 0.3) is 0 Å². The molecule has 0 fully saturated rings. The average Bonchev–Trinajstić information content (AvgIpc) is 2.55. The summed E-state index contributed by atoms with van der Waals surface area (Å²) >= 11 is 6.28. The van der Waals surface area contributed by atoms with E-state index < -0.39 is 0 Å². The second kappa shape index (κ2) is 9.66. The Morgan fingerprint density at radius 3 is 2.70 bits per heavy atom.